The molecule has 0 spiro atoms. The molecule has 0 unspecified atom stereocenters. The number of aliphatic hydroxyl groups is 1. The maximum absolute atomic E-state index is 13.7. The van der Waals surface area contributed by atoms with Gasteiger partial charge in [-0.25, -0.2) is 4.98 Å². The van der Waals surface area contributed by atoms with Crippen molar-refractivity contribution < 1.29 is 36.2 Å². The van der Waals surface area contributed by atoms with Crippen molar-refractivity contribution in [2.24, 2.45) is 0 Å². The zero-order valence-electron chi connectivity index (χ0n) is 16.7. The van der Waals surface area contributed by atoms with E-state index in [0.29, 0.717) is 0 Å². The van der Waals surface area contributed by atoms with Crippen LogP contribution in [0.5, 0.6) is 0 Å². The van der Waals surface area contributed by atoms with Gasteiger partial charge in [0.05, 0.1) is 23.1 Å². The molecule has 33 heavy (non-hydrogen) atoms. The third-order valence-electron chi connectivity index (χ3n) is 5.89. The average molecular weight is 474 g/mol. The second-order valence-electron chi connectivity index (χ2n) is 7.90. The number of halogens is 6. The van der Waals surface area contributed by atoms with Crippen molar-refractivity contribution >= 4 is 17.5 Å². The van der Waals surface area contributed by atoms with E-state index in [1.807, 2.05) is 0 Å². The molecule has 1 fully saturated rings. The molecule has 0 aliphatic carbocycles. The molecule has 0 radical (unpaired) electrons. The highest BCUT2D eigenvalue weighted by Crippen LogP contribution is 2.50. The Hall–Kier alpha value is -3.34. The first kappa shape index (κ1) is 22.8. The molecule has 0 aromatic carbocycles. The van der Waals surface area contributed by atoms with E-state index in [-0.39, 0.29) is 37.4 Å². The monoisotopic (exact) mass is 474 g/mol. The molecule has 2 aliphatic heterocycles. The van der Waals surface area contributed by atoms with Crippen molar-refractivity contribution in [3.05, 3.63) is 34.6 Å². The molecule has 2 aromatic heterocycles. The third kappa shape index (κ3) is 3.86. The van der Waals surface area contributed by atoms with Gasteiger partial charge in [-0.1, -0.05) is 0 Å². The van der Waals surface area contributed by atoms with Crippen molar-refractivity contribution in [2.75, 3.05) is 23.3 Å². The summed E-state index contributed by atoms with van der Waals surface area (Å²) in [6.07, 6.45) is -9.80. The van der Waals surface area contributed by atoms with Gasteiger partial charge in [0, 0.05) is 30.9 Å². The smallest absolute Gasteiger partial charge is 0.376 e. The highest BCUT2D eigenvalue weighted by Gasteiger charge is 2.61. The summed E-state index contributed by atoms with van der Waals surface area (Å²) in [6, 6.07) is 2.22. The van der Waals surface area contributed by atoms with Crippen molar-refractivity contribution in [1.29, 1.82) is 5.26 Å². The Balaban J connectivity index is 1.59. The summed E-state index contributed by atoms with van der Waals surface area (Å²) in [5, 5.41) is 27.7. The van der Waals surface area contributed by atoms with Gasteiger partial charge in [-0.05, 0) is 18.9 Å². The number of piperidine rings is 1. The Morgan fingerprint density at radius 3 is 2.45 bits per heavy atom. The summed E-state index contributed by atoms with van der Waals surface area (Å²) in [5.41, 5.74) is -5.65. The Bertz CT molecular complexity index is 1130. The zero-order chi connectivity index (χ0) is 24.2. The van der Waals surface area contributed by atoms with E-state index in [9.17, 15) is 36.2 Å². The summed E-state index contributed by atoms with van der Waals surface area (Å²) < 4.78 is 80.7. The highest BCUT2D eigenvalue weighted by molar-refractivity contribution is 5.94. The summed E-state index contributed by atoms with van der Waals surface area (Å²) >= 11 is 0. The summed E-state index contributed by atoms with van der Waals surface area (Å²) in [6.45, 7) is 0.316. The van der Waals surface area contributed by atoms with Crippen LogP contribution in [0.15, 0.2) is 12.3 Å². The number of aromatic nitrogens is 3. The van der Waals surface area contributed by atoms with Gasteiger partial charge < -0.3 is 15.3 Å². The molecule has 3 N–H and O–H groups in total. The summed E-state index contributed by atoms with van der Waals surface area (Å²) in [7, 11) is 0. The van der Waals surface area contributed by atoms with Crippen LogP contribution in [0, 0.1) is 11.3 Å². The number of hydrogen-bond donors (Lipinski definition) is 3. The van der Waals surface area contributed by atoms with Crippen LogP contribution in [0.3, 0.4) is 0 Å². The molecule has 4 rings (SSSR count). The first-order chi connectivity index (χ1) is 15.3. The summed E-state index contributed by atoms with van der Waals surface area (Å²) in [4.78, 5) is 17.1. The van der Waals surface area contributed by atoms with E-state index in [1.54, 1.807) is 0 Å². The van der Waals surface area contributed by atoms with Crippen LogP contribution in [0.25, 0.3) is 0 Å². The van der Waals surface area contributed by atoms with E-state index >= 15 is 0 Å². The molecule has 4 heterocycles. The molecule has 1 amide bonds. The van der Waals surface area contributed by atoms with Gasteiger partial charge in [-0.3, -0.25) is 9.89 Å². The predicted molar refractivity (Wildman–Crippen MR) is 99.9 cm³/mol. The Kier molecular flexibility index (Phi) is 5.27. The number of amides is 1. The van der Waals surface area contributed by atoms with Crippen molar-refractivity contribution in [3.63, 3.8) is 0 Å². The van der Waals surface area contributed by atoms with E-state index in [2.05, 4.69) is 20.5 Å². The minimum Gasteiger partial charge on any atom is -0.376 e. The minimum atomic E-state index is -5.13. The molecule has 2 aliphatic rings. The highest BCUT2D eigenvalue weighted by atomic mass is 19.4. The number of pyridine rings is 1. The molecule has 176 valence electrons. The molecule has 8 nitrogen and oxygen atoms in total. The number of rotatable bonds is 2. The van der Waals surface area contributed by atoms with Crippen LogP contribution < -0.4 is 10.2 Å². The minimum absolute atomic E-state index is 0.00882. The lowest BCUT2D eigenvalue weighted by molar-refractivity contribution is -0.267. The summed E-state index contributed by atoms with van der Waals surface area (Å²) in [5.74, 6) is -1.96. The Labute approximate surface area is 182 Å². The molecular weight excluding hydrogens is 458 g/mol. The van der Waals surface area contributed by atoms with Crippen LogP contribution in [0.2, 0.25) is 0 Å². The fraction of sp³-hybridized carbons (Fsp3) is 0.474. The first-order valence-corrected chi connectivity index (χ1v) is 9.75. The van der Waals surface area contributed by atoms with Gasteiger partial charge in [-0.15, -0.1) is 0 Å². The molecular formula is C19H16F6N6O2. The van der Waals surface area contributed by atoms with Crippen molar-refractivity contribution in [1.82, 2.24) is 15.2 Å². The first-order valence-electron chi connectivity index (χ1n) is 9.75. The maximum atomic E-state index is 13.7. The lowest BCUT2D eigenvalue weighted by Gasteiger charge is -2.37. The van der Waals surface area contributed by atoms with E-state index in [1.165, 1.54) is 11.0 Å². The van der Waals surface area contributed by atoms with E-state index < -0.39 is 58.7 Å². The third-order valence-corrected chi connectivity index (χ3v) is 5.89. The number of nitrogens with one attached hydrogen (secondary N) is 2. The number of fused-ring (bicyclic) bond motifs is 1. The number of nitrogens with zero attached hydrogens (tertiary/aromatic N) is 4. The van der Waals surface area contributed by atoms with Gasteiger partial charge in [0.25, 0.3) is 0 Å². The number of nitriles is 1. The molecule has 1 atom stereocenters. The van der Waals surface area contributed by atoms with Gasteiger partial charge in [0.15, 0.2) is 11.4 Å². The lowest BCUT2D eigenvalue weighted by atomic mass is 9.81. The normalized spacial score (nSPS) is 22.0. The molecule has 0 bridgehead atoms. The van der Waals surface area contributed by atoms with Gasteiger partial charge >= 0.3 is 12.4 Å². The van der Waals surface area contributed by atoms with E-state index in [4.69, 9.17) is 5.26 Å². The van der Waals surface area contributed by atoms with Crippen LogP contribution in [0.4, 0.5) is 38.0 Å². The fourth-order valence-corrected chi connectivity index (χ4v) is 4.24. The van der Waals surface area contributed by atoms with E-state index in [0.717, 1.165) is 12.3 Å². The van der Waals surface area contributed by atoms with Crippen LogP contribution >= 0.6 is 0 Å². The maximum Gasteiger partial charge on any atom is 0.422 e. The second kappa shape index (κ2) is 7.62. The molecule has 2 aromatic rings. The second-order valence-corrected chi connectivity index (χ2v) is 7.90. The number of H-pyrrole nitrogens is 1. The predicted octanol–water partition coefficient (Wildman–Crippen LogP) is 3.17. The van der Waals surface area contributed by atoms with Gasteiger partial charge in [-0.2, -0.15) is 36.7 Å². The largest absolute Gasteiger partial charge is 0.422 e. The van der Waals surface area contributed by atoms with Crippen molar-refractivity contribution in [3.8, 4) is 6.07 Å². The fourth-order valence-electron chi connectivity index (χ4n) is 4.24. The van der Waals surface area contributed by atoms with Gasteiger partial charge in [0.2, 0.25) is 5.91 Å². The standard InChI is InChI=1S/C19H16F6N6O2/c20-18(21,22)11-5-12(27-8-10(11)7-26)31-3-1-9(2-4-31)15-14-16(30-29-15)28-13(32)6-17(14,33)19(23,24)25/h5,8-9,33H,1-4,6H2,(H2,28,29,30,32)/t17-/m1/s1. The number of alkyl halides is 6. The number of anilines is 2. The molecule has 0 saturated carbocycles. The van der Waals surface area contributed by atoms with Crippen LogP contribution in [-0.4, -0.2) is 45.5 Å². The number of hydrogen-bond acceptors (Lipinski definition) is 6. The molecule has 1 saturated heterocycles. The number of carbonyl (C=O) groups excluding carboxylic acids is 1. The Morgan fingerprint density at radius 2 is 1.88 bits per heavy atom. The number of aromatic amines is 1. The van der Waals surface area contributed by atoms with Gasteiger partial charge in [0.1, 0.15) is 11.9 Å². The Morgan fingerprint density at radius 1 is 1.21 bits per heavy atom. The quantitative estimate of drug-likeness (QED) is 0.576. The average Bonchev–Trinajstić information content (AvgIpc) is 3.16. The lowest BCUT2D eigenvalue weighted by Crippen LogP contribution is -2.49. The SMILES string of the molecule is N#Cc1cnc(N2CCC(c3[nH]nc4c3[C@@](O)(C(F)(F)F)CC(=O)N4)CC2)cc1C(F)(F)F. The topological polar surface area (TPSA) is 118 Å². The van der Waals surface area contributed by atoms with Crippen LogP contribution in [-0.2, 0) is 16.6 Å². The van der Waals surface area contributed by atoms with Crippen molar-refractivity contribution in [2.45, 2.75) is 43.1 Å². The zero-order valence-corrected chi connectivity index (χ0v) is 16.7. The molecule has 14 heteroatoms. The van der Waals surface area contributed by atoms with Crippen LogP contribution in [0.1, 0.15) is 47.6 Å². The number of carbonyl (C=O) groups is 1.